The van der Waals surface area contributed by atoms with Crippen LogP contribution >= 0.6 is 0 Å². The molecule has 2 saturated heterocycles. The molecule has 2 fully saturated rings. The molecule has 1 aromatic rings. The normalized spacial score (nSPS) is 29.9. The van der Waals surface area contributed by atoms with Crippen LogP contribution < -0.4 is 0 Å². The summed E-state index contributed by atoms with van der Waals surface area (Å²) in [4.78, 5) is 15.8. The number of morpholine rings is 1. The molecule has 5 nitrogen and oxygen atoms in total. The number of benzene rings is 1. The van der Waals surface area contributed by atoms with E-state index in [1.54, 1.807) is 4.90 Å². The van der Waals surface area contributed by atoms with Crippen LogP contribution in [0.1, 0.15) is 38.4 Å². The molecule has 0 bridgehead atoms. The highest BCUT2D eigenvalue weighted by molar-refractivity contribution is 5.78. The van der Waals surface area contributed by atoms with E-state index in [0.717, 1.165) is 13.0 Å². The van der Waals surface area contributed by atoms with Crippen molar-refractivity contribution in [1.29, 1.82) is 0 Å². The highest BCUT2D eigenvalue weighted by Crippen LogP contribution is 2.30. The second kappa shape index (κ2) is 7.64. The first-order chi connectivity index (χ1) is 11.6. The molecular formula is C19H28N2O3. The molecule has 0 aliphatic carbocycles. The molecule has 0 aromatic heterocycles. The van der Waals surface area contributed by atoms with Crippen LogP contribution in [-0.4, -0.2) is 65.2 Å². The number of likely N-dealkylation sites (tertiary alicyclic amines) is 1. The number of ether oxygens (including phenoxy) is 1. The molecule has 4 unspecified atom stereocenters. The Hall–Kier alpha value is -1.43. The van der Waals surface area contributed by atoms with Gasteiger partial charge in [-0.25, -0.2) is 0 Å². The van der Waals surface area contributed by atoms with Gasteiger partial charge in [-0.15, -0.1) is 0 Å². The quantitative estimate of drug-likeness (QED) is 0.894. The van der Waals surface area contributed by atoms with Crippen LogP contribution in [0.3, 0.4) is 0 Å². The fraction of sp³-hybridized carbons (Fsp3) is 0.632. The number of hydrogen-bond acceptors (Lipinski definition) is 4. The van der Waals surface area contributed by atoms with Gasteiger partial charge in [-0.1, -0.05) is 30.3 Å². The Labute approximate surface area is 144 Å². The minimum atomic E-state index is -0.522. The third-order valence-electron chi connectivity index (χ3n) is 5.20. The molecule has 2 aliphatic heterocycles. The van der Waals surface area contributed by atoms with Gasteiger partial charge in [0.2, 0.25) is 5.91 Å². The van der Waals surface area contributed by atoms with Gasteiger partial charge in [0, 0.05) is 38.1 Å². The maximum absolute atomic E-state index is 11.7. The summed E-state index contributed by atoms with van der Waals surface area (Å²) in [6, 6.07) is 10.7. The fourth-order valence-electron chi connectivity index (χ4n) is 3.87. The molecule has 2 aliphatic rings. The van der Waals surface area contributed by atoms with Gasteiger partial charge < -0.3 is 14.7 Å². The van der Waals surface area contributed by atoms with Gasteiger partial charge in [0.15, 0.2) is 0 Å². The fourth-order valence-corrected chi connectivity index (χ4v) is 3.87. The number of β-amino-alcohol motifs (C(OH)–C–C–N with tert-alkyl or cyclic N) is 1. The van der Waals surface area contributed by atoms with E-state index in [1.807, 2.05) is 18.2 Å². The molecule has 24 heavy (non-hydrogen) atoms. The molecule has 5 heteroatoms. The Morgan fingerprint density at radius 2 is 2.00 bits per heavy atom. The molecule has 0 saturated carbocycles. The molecule has 3 rings (SSSR count). The number of amides is 1. The van der Waals surface area contributed by atoms with Crippen LogP contribution in [0.25, 0.3) is 0 Å². The highest BCUT2D eigenvalue weighted by atomic mass is 16.5. The number of hydrogen-bond donors (Lipinski definition) is 1. The van der Waals surface area contributed by atoms with Gasteiger partial charge in [-0.05, 0) is 25.8 Å². The minimum Gasteiger partial charge on any atom is -0.390 e. The molecule has 0 radical (unpaired) electrons. The summed E-state index contributed by atoms with van der Waals surface area (Å²) >= 11 is 0. The molecule has 4 atom stereocenters. The second-order valence-electron chi connectivity index (χ2n) is 7.05. The summed E-state index contributed by atoms with van der Waals surface area (Å²) in [7, 11) is 0. The van der Waals surface area contributed by atoms with Crippen molar-refractivity contribution >= 4 is 5.91 Å². The predicted molar refractivity (Wildman–Crippen MR) is 92.6 cm³/mol. The monoisotopic (exact) mass is 332 g/mol. The van der Waals surface area contributed by atoms with Gasteiger partial charge in [0.05, 0.1) is 18.8 Å². The van der Waals surface area contributed by atoms with Crippen molar-refractivity contribution < 1.29 is 14.6 Å². The lowest BCUT2D eigenvalue weighted by Crippen LogP contribution is -2.54. The van der Waals surface area contributed by atoms with E-state index in [-0.39, 0.29) is 24.1 Å². The summed E-state index contributed by atoms with van der Waals surface area (Å²) in [5, 5.41) is 10.5. The van der Waals surface area contributed by atoms with E-state index in [1.165, 1.54) is 5.56 Å². The third-order valence-corrected chi connectivity index (χ3v) is 5.20. The van der Waals surface area contributed by atoms with Crippen LogP contribution in [0.2, 0.25) is 0 Å². The van der Waals surface area contributed by atoms with Crippen LogP contribution in [0.15, 0.2) is 30.3 Å². The van der Waals surface area contributed by atoms with Crippen molar-refractivity contribution in [2.75, 3.05) is 26.2 Å². The van der Waals surface area contributed by atoms with Crippen LogP contribution in [0.5, 0.6) is 0 Å². The molecule has 0 spiro atoms. The lowest BCUT2D eigenvalue weighted by atomic mass is 9.98. The molecule has 2 heterocycles. The zero-order chi connectivity index (χ0) is 17.1. The predicted octanol–water partition coefficient (Wildman–Crippen LogP) is 1.82. The number of carbonyl (C=O) groups is 1. The van der Waals surface area contributed by atoms with Crippen LogP contribution in [0, 0.1) is 0 Å². The van der Waals surface area contributed by atoms with Crippen molar-refractivity contribution in [1.82, 2.24) is 9.80 Å². The van der Waals surface area contributed by atoms with E-state index in [4.69, 9.17) is 4.74 Å². The summed E-state index contributed by atoms with van der Waals surface area (Å²) in [5.41, 5.74) is 1.17. The average Bonchev–Trinajstić information content (AvgIpc) is 2.97. The van der Waals surface area contributed by atoms with Crippen molar-refractivity contribution in [2.24, 2.45) is 0 Å². The Morgan fingerprint density at radius 3 is 2.67 bits per heavy atom. The Balaban J connectivity index is 1.63. The zero-order valence-electron chi connectivity index (χ0n) is 14.6. The number of aliphatic hydroxyl groups is 1. The maximum atomic E-state index is 11.7. The summed E-state index contributed by atoms with van der Waals surface area (Å²) in [6.07, 6.45) is 1.02. The first-order valence-corrected chi connectivity index (χ1v) is 8.94. The van der Waals surface area contributed by atoms with Gasteiger partial charge >= 0.3 is 0 Å². The smallest absolute Gasteiger partial charge is 0.222 e. The topological polar surface area (TPSA) is 53.0 Å². The second-order valence-corrected chi connectivity index (χ2v) is 7.05. The van der Waals surface area contributed by atoms with Crippen molar-refractivity contribution in [3.8, 4) is 0 Å². The lowest BCUT2D eigenvalue weighted by Gasteiger charge is -2.44. The van der Waals surface area contributed by atoms with Gasteiger partial charge in [0.25, 0.3) is 0 Å². The summed E-state index contributed by atoms with van der Waals surface area (Å²) in [6.45, 7) is 6.72. The Bertz CT molecular complexity index is 551. The largest absolute Gasteiger partial charge is 0.390 e. The number of aliphatic hydroxyl groups excluding tert-OH is 1. The Kier molecular flexibility index (Phi) is 5.54. The summed E-state index contributed by atoms with van der Waals surface area (Å²) in [5.74, 6) is 0.166. The van der Waals surface area contributed by atoms with E-state index < -0.39 is 6.10 Å². The average molecular weight is 332 g/mol. The van der Waals surface area contributed by atoms with Crippen LogP contribution in [0.4, 0.5) is 0 Å². The summed E-state index contributed by atoms with van der Waals surface area (Å²) < 4.78 is 6.06. The van der Waals surface area contributed by atoms with Gasteiger partial charge in [-0.2, -0.15) is 0 Å². The van der Waals surface area contributed by atoms with Crippen molar-refractivity contribution in [3.63, 3.8) is 0 Å². The SMILES string of the molecule is CC1COC(c2ccccc2)C(C)N1CC(O)CN1CCCC1=O. The van der Waals surface area contributed by atoms with Gasteiger partial charge in [0.1, 0.15) is 0 Å². The highest BCUT2D eigenvalue weighted by Gasteiger charge is 2.35. The number of nitrogens with zero attached hydrogens (tertiary/aromatic N) is 2. The molecule has 1 amide bonds. The molecule has 1 aromatic carbocycles. The van der Waals surface area contributed by atoms with E-state index >= 15 is 0 Å². The van der Waals surface area contributed by atoms with E-state index in [2.05, 4.69) is 30.9 Å². The zero-order valence-corrected chi connectivity index (χ0v) is 14.6. The van der Waals surface area contributed by atoms with Gasteiger partial charge in [-0.3, -0.25) is 9.69 Å². The van der Waals surface area contributed by atoms with Crippen molar-refractivity contribution in [2.45, 2.75) is 51.0 Å². The van der Waals surface area contributed by atoms with Crippen LogP contribution in [-0.2, 0) is 9.53 Å². The molecule has 1 N–H and O–H groups in total. The van der Waals surface area contributed by atoms with Crippen molar-refractivity contribution in [3.05, 3.63) is 35.9 Å². The van der Waals surface area contributed by atoms with E-state index in [0.29, 0.717) is 26.1 Å². The molecule has 132 valence electrons. The van der Waals surface area contributed by atoms with E-state index in [9.17, 15) is 9.90 Å². The number of rotatable bonds is 5. The standard InChI is InChI=1S/C19H28N2O3/c1-14-13-24-19(16-7-4-3-5-8-16)15(2)21(14)12-17(22)11-20-10-6-9-18(20)23/h3-5,7-8,14-15,17,19,22H,6,9-13H2,1-2H3. The minimum absolute atomic E-state index is 0.0167. The first kappa shape index (κ1) is 17.4. The first-order valence-electron chi connectivity index (χ1n) is 8.94. The Morgan fingerprint density at radius 1 is 1.25 bits per heavy atom. The third kappa shape index (κ3) is 3.79. The lowest BCUT2D eigenvalue weighted by molar-refractivity contribution is -0.130. The molecular weight excluding hydrogens is 304 g/mol. The maximum Gasteiger partial charge on any atom is 0.222 e. The number of carbonyl (C=O) groups excluding carboxylic acids is 1.